The fourth-order valence-corrected chi connectivity index (χ4v) is 2.46. The summed E-state index contributed by atoms with van der Waals surface area (Å²) in [6, 6.07) is 17.2. The lowest BCUT2D eigenvalue weighted by Gasteiger charge is -2.05. The van der Waals surface area contributed by atoms with Gasteiger partial charge in [-0.1, -0.05) is 37.3 Å². The monoisotopic (exact) mass is 274 g/mol. The molecule has 0 unspecified atom stereocenters. The second kappa shape index (κ2) is 5.26. The number of para-hydroxylation sites is 1. The molecule has 0 radical (unpaired) electrons. The molecule has 0 bridgehead atoms. The molecule has 21 heavy (non-hydrogen) atoms. The van der Waals surface area contributed by atoms with Crippen molar-refractivity contribution < 1.29 is 4.79 Å². The highest BCUT2D eigenvalue weighted by Crippen LogP contribution is 2.21. The number of hydrogen-bond donors (Lipinski definition) is 0. The highest BCUT2D eigenvalue weighted by atomic mass is 16.2. The van der Waals surface area contributed by atoms with E-state index in [0.717, 1.165) is 17.3 Å². The average Bonchev–Trinajstić information content (AvgIpc) is 2.93. The summed E-state index contributed by atoms with van der Waals surface area (Å²) in [6.07, 6.45) is 2.56. The fourth-order valence-electron chi connectivity index (χ4n) is 2.46. The summed E-state index contributed by atoms with van der Waals surface area (Å²) in [7, 11) is 0. The van der Waals surface area contributed by atoms with Gasteiger partial charge in [0.05, 0.1) is 11.1 Å². The largest absolute Gasteiger partial charge is 0.282 e. The van der Waals surface area contributed by atoms with Crippen molar-refractivity contribution in [2.45, 2.75) is 13.3 Å². The van der Waals surface area contributed by atoms with Gasteiger partial charge in [0.1, 0.15) is 6.07 Å². The zero-order valence-electron chi connectivity index (χ0n) is 11.7. The molecule has 0 fully saturated rings. The Morgan fingerprint density at radius 2 is 1.86 bits per heavy atom. The fraction of sp³-hybridized carbons (Fsp3) is 0.111. The number of nitriles is 1. The minimum Gasteiger partial charge on any atom is -0.282 e. The van der Waals surface area contributed by atoms with Crippen LogP contribution in [0.2, 0.25) is 0 Å². The zero-order valence-corrected chi connectivity index (χ0v) is 11.7. The molecule has 0 saturated heterocycles. The van der Waals surface area contributed by atoms with Gasteiger partial charge in [-0.3, -0.25) is 9.36 Å². The molecule has 3 heteroatoms. The summed E-state index contributed by atoms with van der Waals surface area (Å²) < 4.78 is 1.55. The number of fused-ring (bicyclic) bond motifs is 1. The van der Waals surface area contributed by atoms with Crippen molar-refractivity contribution in [3.8, 4) is 6.07 Å². The van der Waals surface area contributed by atoms with Crippen LogP contribution in [0.3, 0.4) is 0 Å². The SMILES string of the molecule is CCc1ccc(C(=O)n2cc(C#N)c3ccccc32)cc1. The first kappa shape index (κ1) is 13.1. The Morgan fingerprint density at radius 1 is 1.14 bits per heavy atom. The molecule has 3 aromatic rings. The first-order valence-corrected chi connectivity index (χ1v) is 6.88. The molecule has 0 saturated carbocycles. The van der Waals surface area contributed by atoms with E-state index >= 15 is 0 Å². The number of nitrogens with zero attached hydrogens (tertiary/aromatic N) is 2. The third kappa shape index (κ3) is 2.21. The van der Waals surface area contributed by atoms with E-state index in [2.05, 4.69) is 13.0 Å². The van der Waals surface area contributed by atoms with Gasteiger partial charge in [-0.15, -0.1) is 0 Å². The molecule has 0 atom stereocenters. The molecule has 0 amide bonds. The Morgan fingerprint density at radius 3 is 2.52 bits per heavy atom. The maximum atomic E-state index is 12.6. The summed E-state index contributed by atoms with van der Waals surface area (Å²) in [4.78, 5) is 12.6. The molecule has 0 spiro atoms. The minimum atomic E-state index is -0.115. The average molecular weight is 274 g/mol. The van der Waals surface area contributed by atoms with Crippen molar-refractivity contribution in [3.05, 3.63) is 71.4 Å². The summed E-state index contributed by atoms with van der Waals surface area (Å²) in [6.45, 7) is 2.08. The lowest BCUT2D eigenvalue weighted by molar-refractivity contribution is 0.0965. The van der Waals surface area contributed by atoms with E-state index in [1.807, 2.05) is 48.5 Å². The van der Waals surface area contributed by atoms with Crippen molar-refractivity contribution in [1.82, 2.24) is 4.57 Å². The summed E-state index contributed by atoms with van der Waals surface area (Å²) in [5.74, 6) is -0.115. The van der Waals surface area contributed by atoms with Gasteiger partial charge >= 0.3 is 0 Å². The number of aromatic nitrogens is 1. The lowest BCUT2D eigenvalue weighted by atomic mass is 10.1. The van der Waals surface area contributed by atoms with E-state index in [4.69, 9.17) is 0 Å². The Bertz CT molecular complexity index is 851. The predicted molar refractivity (Wildman–Crippen MR) is 82.2 cm³/mol. The van der Waals surface area contributed by atoms with Crippen LogP contribution in [0, 0.1) is 11.3 Å². The third-order valence-electron chi connectivity index (χ3n) is 3.66. The molecule has 0 N–H and O–H groups in total. The van der Waals surface area contributed by atoms with Crippen molar-refractivity contribution in [1.29, 1.82) is 5.26 Å². The van der Waals surface area contributed by atoms with Gasteiger partial charge in [0.2, 0.25) is 0 Å². The van der Waals surface area contributed by atoms with Crippen molar-refractivity contribution in [2.75, 3.05) is 0 Å². The van der Waals surface area contributed by atoms with E-state index in [1.165, 1.54) is 5.56 Å². The van der Waals surface area contributed by atoms with E-state index in [-0.39, 0.29) is 5.91 Å². The number of benzene rings is 2. The molecule has 3 rings (SSSR count). The van der Waals surface area contributed by atoms with Crippen LogP contribution in [0.1, 0.15) is 28.4 Å². The topological polar surface area (TPSA) is 45.8 Å². The Kier molecular flexibility index (Phi) is 3.29. The van der Waals surface area contributed by atoms with Gasteiger partial charge in [0.25, 0.3) is 5.91 Å². The van der Waals surface area contributed by atoms with Crippen LogP contribution in [0.4, 0.5) is 0 Å². The van der Waals surface area contributed by atoms with Gasteiger partial charge in [-0.2, -0.15) is 5.26 Å². The summed E-state index contributed by atoms with van der Waals surface area (Å²) in [5, 5.41) is 10.00. The standard InChI is InChI=1S/C18H14N2O/c1-2-13-7-9-14(10-8-13)18(21)20-12-15(11-19)16-5-3-4-6-17(16)20/h3-10,12H,2H2,1H3. The smallest absolute Gasteiger partial charge is 0.262 e. The second-order valence-electron chi connectivity index (χ2n) is 4.90. The molecular weight excluding hydrogens is 260 g/mol. The van der Waals surface area contributed by atoms with E-state index in [0.29, 0.717) is 11.1 Å². The highest BCUT2D eigenvalue weighted by Gasteiger charge is 2.14. The summed E-state index contributed by atoms with van der Waals surface area (Å²) >= 11 is 0. The Labute approximate surface area is 123 Å². The first-order valence-electron chi connectivity index (χ1n) is 6.88. The van der Waals surface area contributed by atoms with E-state index in [1.54, 1.807) is 10.8 Å². The third-order valence-corrected chi connectivity index (χ3v) is 3.66. The molecule has 0 aliphatic rings. The Balaban J connectivity index is 2.11. The predicted octanol–water partition coefficient (Wildman–Crippen LogP) is 3.76. The first-order chi connectivity index (χ1) is 10.2. The second-order valence-corrected chi connectivity index (χ2v) is 4.90. The molecular formula is C18H14N2O. The van der Waals surface area contributed by atoms with E-state index < -0.39 is 0 Å². The molecule has 3 nitrogen and oxygen atoms in total. The molecule has 1 aromatic heterocycles. The number of carbonyl (C=O) groups excluding carboxylic acids is 1. The molecule has 0 aliphatic carbocycles. The number of rotatable bonds is 2. The minimum absolute atomic E-state index is 0.115. The van der Waals surface area contributed by atoms with Crippen LogP contribution in [0.5, 0.6) is 0 Å². The van der Waals surface area contributed by atoms with Crippen LogP contribution >= 0.6 is 0 Å². The van der Waals surface area contributed by atoms with Crippen molar-refractivity contribution in [2.24, 2.45) is 0 Å². The quantitative estimate of drug-likeness (QED) is 0.714. The van der Waals surface area contributed by atoms with Crippen LogP contribution in [0.25, 0.3) is 10.9 Å². The maximum Gasteiger partial charge on any atom is 0.262 e. The van der Waals surface area contributed by atoms with Crippen LogP contribution in [-0.2, 0) is 6.42 Å². The van der Waals surface area contributed by atoms with Gasteiger partial charge in [0.15, 0.2) is 0 Å². The number of hydrogen-bond acceptors (Lipinski definition) is 2. The van der Waals surface area contributed by atoms with Crippen molar-refractivity contribution >= 4 is 16.8 Å². The zero-order chi connectivity index (χ0) is 14.8. The van der Waals surface area contributed by atoms with Gasteiger partial charge in [-0.25, -0.2) is 0 Å². The lowest BCUT2D eigenvalue weighted by Crippen LogP contribution is -2.10. The van der Waals surface area contributed by atoms with Gasteiger partial charge in [0, 0.05) is 17.1 Å². The van der Waals surface area contributed by atoms with Crippen LogP contribution in [-0.4, -0.2) is 10.5 Å². The summed E-state index contributed by atoms with van der Waals surface area (Å²) in [5.41, 5.74) is 3.10. The Hall–Kier alpha value is -2.86. The van der Waals surface area contributed by atoms with Crippen LogP contribution in [0.15, 0.2) is 54.7 Å². The molecule has 1 heterocycles. The molecule has 2 aromatic carbocycles. The molecule has 102 valence electrons. The number of carbonyl (C=O) groups is 1. The molecule has 0 aliphatic heterocycles. The van der Waals surface area contributed by atoms with Gasteiger partial charge < -0.3 is 0 Å². The normalized spacial score (nSPS) is 10.5. The highest BCUT2D eigenvalue weighted by molar-refractivity contribution is 6.03. The van der Waals surface area contributed by atoms with E-state index in [9.17, 15) is 10.1 Å². The maximum absolute atomic E-state index is 12.6. The number of aryl methyl sites for hydroxylation is 1. The van der Waals surface area contributed by atoms with Crippen molar-refractivity contribution in [3.63, 3.8) is 0 Å². The van der Waals surface area contributed by atoms with Crippen LogP contribution < -0.4 is 0 Å². The van der Waals surface area contributed by atoms with Gasteiger partial charge in [-0.05, 0) is 30.2 Å².